The summed E-state index contributed by atoms with van der Waals surface area (Å²) in [5.41, 5.74) is 13.3. The molecule has 0 bridgehead atoms. The minimum atomic E-state index is -0.726. The maximum Gasteiger partial charge on any atom is 0.148 e. The molecule has 1 aromatic carbocycles. The number of aliphatic hydroxyl groups is 2. The Kier molecular flexibility index (Phi) is 5.69. The average Bonchev–Trinajstić information content (AvgIpc) is 3.64. The number of aryl methyl sites for hydroxylation is 1. The second-order valence-corrected chi connectivity index (χ2v) is 10.5. The molecule has 8 heteroatoms. The second-order valence-electron chi connectivity index (χ2n) is 9.28. The molecule has 0 radical (unpaired) electrons. The van der Waals surface area contributed by atoms with Crippen molar-refractivity contribution >= 4 is 39.3 Å². The van der Waals surface area contributed by atoms with Crippen LogP contribution in [0.1, 0.15) is 47.9 Å². The summed E-state index contributed by atoms with van der Waals surface area (Å²) in [7, 11) is 0. The first kappa shape index (κ1) is 22.4. The van der Waals surface area contributed by atoms with Crippen molar-refractivity contribution in [1.29, 1.82) is 0 Å². The highest BCUT2D eigenvalue weighted by Crippen LogP contribution is 2.47. The molecule has 4 aromatic rings. The van der Waals surface area contributed by atoms with Crippen molar-refractivity contribution in [3.8, 4) is 10.4 Å². The van der Waals surface area contributed by atoms with Crippen LogP contribution in [0.25, 0.3) is 32.6 Å². The van der Waals surface area contributed by atoms with Gasteiger partial charge in [0.25, 0.3) is 0 Å². The Morgan fingerprint density at radius 2 is 1.91 bits per heavy atom. The maximum absolute atomic E-state index is 10.3. The lowest BCUT2D eigenvalue weighted by atomic mass is 9.97. The number of rotatable bonds is 5. The fraction of sp³-hybridized carbons (Fsp3) is 0.333. The largest absolute Gasteiger partial charge is 0.394 e. The van der Waals surface area contributed by atoms with Crippen LogP contribution in [-0.2, 0) is 4.74 Å². The van der Waals surface area contributed by atoms with E-state index in [1.807, 2.05) is 28.2 Å². The predicted octanol–water partition coefficient (Wildman–Crippen LogP) is 4.79. The summed E-state index contributed by atoms with van der Waals surface area (Å²) in [6.07, 6.45) is 5.17. The van der Waals surface area contributed by atoms with Gasteiger partial charge in [-0.2, -0.15) is 0 Å². The zero-order valence-electron chi connectivity index (χ0n) is 19.5. The highest BCUT2D eigenvalue weighted by molar-refractivity contribution is 7.15. The monoisotopic (exact) mass is 488 g/mol. The van der Waals surface area contributed by atoms with Gasteiger partial charge >= 0.3 is 0 Å². The summed E-state index contributed by atoms with van der Waals surface area (Å²) >= 11 is 1.83. The molecule has 3 atom stereocenters. The van der Waals surface area contributed by atoms with Crippen LogP contribution >= 0.6 is 11.3 Å². The van der Waals surface area contributed by atoms with E-state index in [0.717, 1.165) is 30.2 Å². The molecule has 0 amide bonds. The number of hydrogen-bond donors (Lipinski definition) is 3. The van der Waals surface area contributed by atoms with Crippen LogP contribution in [0.5, 0.6) is 0 Å². The second kappa shape index (κ2) is 8.87. The average molecular weight is 489 g/mol. The van der Waals surface area contributed by atoms with E-state index >= 15 is 0 Å². The molecule has 3 aromatic heterocycles. The van der Waals surface area contributed by atoms with Gasteiger partial charge in [-0.1, -0.05) is 30.3 Å². The number of aliphatic hydroxyl groups excluding tert-OH is 2. The van der Waals surface area contributed by atoms with E-state index in [0.29, 0.717) is 17.9 Å². The van der Waals surface area contributed by atoms with Crippen LogP contribution in [0.2, 0.25) is 0 Å². The van der Waals surface area contributed by atoms with Crippen LogP contribution < -0.4 is 5.73 Å². The Labute approximate surface area is 207 Å². The van der Waals surface area contributed by atoms with E-state index < -0.39 is 18.4 Å². The van der Waals surface area contributed by atoms with E-state index in [9.17, 15) is 10.2 Å². The minimum absolute atomic E-state index is 0.225. The van der Waals surface area contributed by atoms with Gasteiger partial charge in [0, 0.05) is 27.9 Å². The maximum atomic E-state index is 10.3. The molecule has 7 nitrogen and oxygen atoms in total. The summed E-state index contributed by atoms with van der Waals surface area (Å²) < 4.78 is 7.91. The third-order valence-corrected chi connectivity index (χ3v) is 8.28. The molecule has 35 heavy (non-hydrogen) atoms. The van der Waals surface area contributed by atoms with Crippen molar-refractivity contribution in [1.82, 2.24) is 14.5 Å². The van der Waals surface area contributed by atoms with E-state index in [2.05, 4.69) is 47.2 Å². The SMILES string of the molecule is Cc1sc(-c2ccccc2)cc1C1=C(c2cn([C@H]3C[C@H](O)[C@@H](CO)O3)c3ncnc(N)c23)CCC1. The van der Waals surface area contributed by atoms with E-state index in [-0.39, 0.29) is 6.61 Å². The predicted molar refractivity (Wildman–Crippen MR) is 139 cm³/mol. The molecular formula is C27H28N4O3S. The molecule has 2 aliphatic rings. The Morgan fingerprint density at radius 1 is 1.14 bits per heavy atom. The summed E-state index contributed by atoms with van der Waals surface area (Å²) in [6, 6.07) is 12.8. The van der Waals surface area contributed by atoms with Crippen LogP contribution in [-0.4, -0.2) is 43.6 Å². The standard InChI is InChI=1S/C27H28N4O3S/c1-15-19(10-23(35-15)16-6-3-2-4-7-16)17-8-5-9-18(17)20-12-31(24-11-21(33)22(13-32)34-24)27-25(20)26(28)29-14-30-27/h2-4,6-7,10,12,14,21-22,24,32-33H,5,8-9,11,13H2,1H3,(H2,28,29,30)/t21-,22+,24+/m0/s1. The first-order valence-corrected chi connectivity index (χ1v) is 12.8. The zero-order chi connectivity index (χ0) is 24.1. The van der Waals surface area contributed by atoms with Gasteiger partial charge in [0.2, 0.25) is 0 Å². The van der Waals surface area contributed by atoms with Crippen LogP contribution in [0, 0.1) is 6.92 Å². The zero-order valence-corrected chi connectivity index (χ0v) is 20.3. The van der Waals surface area contributed by atoms with Gasteiger partial charge in [-0.15, -0.1) is 11.3 Å². The quantitative estimate of drug-likeness (QED) is 0.373. The number of allylic oxidation sites excluding steroid dienone is 2. The van der Waals surface area contributed by atoms with Crippen LogP contribution in [0.3, 0.4) is 0 Å². The first-order chi connectivity index (χ1) is 17.0. The Hall–Kier alpha value is -3.04. The van der Waals surface area contributed by atoms with Crippen molar-refractivity contribution < 1.29 is 14.9 Å². The first-order valence-electron chi connectivity index (χ1n) is 12.0. The summed E-state index contributed by atoms with van der Waals surface area (Å²) in [5.74, 6) is 0.437. The third kappa shape index (κ3) is 3.77. The van der Waals surface area contributed by atoms with Gasteiger partial charge < -0.3 is 25.3 Å². The van der Waals surface area contributed by atoms with Crippen molar-refractivity contribution in [2.45, 2.75) is 51.0 Å². The minimum Gasteiger partial charge on any atom is -0.394 e. The summed E-state index contributed by atoms with van der Waals surface area (Å²) in [5, 5.41) is 20.7. The van der Waals surface area contributed by atoms with Crippen LogP contribution in [0.4, 0.5) is 5.82 Å². The molecule has 4 N–H and O–H groups in total. The van der Waals surface area contributed by atoms with Crippen molar-refractivity contribution in [2.24, 2.45) is 0 Å². The van der Waals surface area contributed by atoms with Gasteiger partial charge in [-0.3, -0.25) is 0 Å². The number of anilines is 1. The Balaban J connectivity index is 1.49. The fourth-order valence-electron chi connectivity index (χ4n) is 5.47. The normalized spacial score (nSPS) is 22.5. The molecule has 0 unspecified atom stereocenters. The fourth-order valence-corrected chi connectivity index (χ4v) is 6.52. The molecular weight excluding hydrogens is 460 g/mol. The van der Waals surface area contributed by atoms with E-state index in [1.165, 1.54) is 38.4 Å². The van der Waals surface area contributed by atoms with Gasteiger partial charge in [-0.25, -0.2) is 9.97 Å². The molecule has 180 valence electrons. The number of nitrogen functional groups attached to an aromatic ring is 1. The number of nitrogens with zero attached hydrogens (tertiary/aromatic N) is 3. The van der Waals surface area contributed by atoms with E-state index in [1.54, 1.807) is 0 Å². The molecule has 0 spiro atoms. The molecule has 1 fully saturated rings. The Bertz CT molecular complexity index is 1430. The highest BCUT2D eigenvalue weighted by atomic mass is 32.1. The van der Waals surface area contributed by atoms with Crippen molar-refractivity contribution in [3.05, 3.63) is 64.9 Å². The topological polar surface area (TPSA) is 106 Å². The number of ether oxygens (including phenoxy) is 1. The van der Waals surface area contributed by atoms with E-state index in [4.69, 9.17) is 10.5 Å². The number of benzene rings is 1. The number of aromatic nitrogens is 3. The van der Waals surface area contributed by atoms with Gasteiger partial charge in [0.1, 0.15) is 30.1 Å². The lowest BCUT2D eigenvalue weighted by molar-refractivity contribution is -0.0430. The number of nitrogens with two attached hydrogens (primary N) is 1. The van der Waals surface area contributed by atoms with Gasteiger partial charge in [0.15, 0.2) is 0 Å². The molecule has 4 heterocycles. The summed E-state index contributed by atoms with van der Waals surface area (Å²) in [4.78, 5) is 11.4. The molecule has 1 aliphatic carbocycles. The van der Waals surface area contributed by atoms with Crippen molar-refractivity contribution in [2.75, 3.05) is 12.3 Å². The molecule has 1 aliphatic heterocycles. The van der Waals surface area contributed by atoms with Gasteiger partial charge in [-0.05, 0) is 54.5 Å². The number of hydrogen-bond acceptors (Lipinski definition) is 7. The van der Waals surface area contributed by atoms with Crippen molar-refractivity contribution in [3.63, 3.8) is 0 Å². The molecule has 1 saturated heterocycles. The third-order valence-electron chi connectivity index (χ3n) is 7.18. The lowest BCUT2D eigenvalue weighted by Gasteiger charge is -2.14. The number of thiophene rings is 1. The molecule has 0 saturated carbocycles. The smallest absolute Gasteiger partial charge is 0.148 e. The van der Waals surface area contributed by atoms with Gasteiger partial charge in [0.05, 0.1) is 18.1 Å². The Morgan fingerprint density at radius 3 is 2.66 bits per heavy atom. The molecule has 6 rings (SSSR count). The highest BCUT2D eigenvalue weighted by Gasteiger charge is 2.36. The summed E-state index contributed by atoms with van der Waals surface area (Å²) in [6.45, 7) is 1.97. The van der Waals surface area contributed by atoms with Crippen LogP contribution in [0.15, 0.2) is 48.9 Å². The lowest BCUT2D eigenvalue weighted by Crippen LogP contribution is -2.24. The number of fused-ring (bicyclic) bond motifs is 1.